The molecule has 0 unspecified atom stereocenters. The summed E-state index contributed by atoms with van der Waals surface area (Å²) in [4.78, 5) is 29.1. The normalized spacial score (nSPS) is 16.3. The molecule has 2 amide bonds. The Morgan fingerprint density at radius 1 is 1.53 bits per heavy atom. The Balaban J connectivity index is 2.19. The van der Waals surface area contributed by atoms with Crippen LogP contribution in [0.4, 0.5) is 0 Å². The minimum Gasteiger partial charge on any atom is -0.354 e. The molecule has 1 aliphatic rings. The number of halogens is 1. The van der Waals surface area contributed by atoms with Crippen LogP contribution in [0, 0.1) is 0 Å². The topological polar surface area (TPSA) is 62.3 Å². The number of pyridine rings is 1. The van der Waals surface area contributed by atoms with E-state index in [9.17, 15) is 9.59 Å². The zero-order valence-corrected chi connectivity index (χ0v) is 10.7. The van der Waals surface area contributed by atoms with Crippen LogP contribution in [0.15, 0.2) is 22.9 Å². The van der Waals surface area contributed by atoms with Gasteiger partial charge >= 0.3 is 0 Å². The minimum absolute atomic E-state index is 0.111. The Bertz CT molecular complexity index is 450. The van der Waals surface area contributed by atoms with E-state index in [2.05, 4.69) is 26.2 Å². The molecule has 0 atom stereocenters. The second kappa shape index (κ2) is 5.27. The first-order valence-electron chi connectivity index (χ1n) is 5.35. The van der Waals surface area contributed by atoms with Crippen LogP contribution in [0.2, 0.25) is 0 Å². The number of hydrogen-bond acceptors (Lipinski definition) is 3. The molecule has 2 rings (SSSR count). The number of amides is 2. The molecule has 1 aliphatic heterocycles. The zero-order chi connectivity index (χ0) is 12.3. The van der Waals surface area contributed by atoms with Crippen molar-refractivity contribution in [2.45, 2.75) is 6.42 Å². The van der Waals surface area contributed by atoms with E-state index in [0.717, 1.165) is 6.42 Å². The Hall–Kier alpha value is -1.43. The molecule has 0 saturated carbocycles. The zero-order valence-electron chi connectivity index (χ0n) is 9.15. The van der Waals surface area contributed by atoms with Crippen molar-refractivity contribution in [1.29, 1.82) is 0 Å². The summed E-state index contributed by atoms with van der Waals surface area (Å²) >= 11 is 3.24. The van der Waals surface area contributed by atoms with Gasteiger partial charge in [0.2, 0.25) is 5.91 Å². The van der Waals surface area contributed by atoms with Crippen molar-refractivity contribution in [3.05, 3.63) is 28.5 Å². The van der Waals surface area contributed by atoms with E-state index in [4.69, 9.17) is 0 Å². The number of aromatic nitrogens is 1. The monoisotopic (exact) mass is 297 g/mol. The van der Waals surface area contributed by atoms with E-state index < -0.39 is 0 Å². The fourth-order valence-electron chi connectivity index (χ4n) is 1.70. The lowest BCUT2D eigenvalue weighted by Crippen LogP contribution is -2.37. The molecule has 6 heteroatoms. The molecule has 0 aliphatic carbocycles. The molecular weight excluding hydrogens is 286 g/mol. The lowest BCUT2D eigenvalue weighted by Gasteiger charge is -2.19. The summed E-state index contributed by atoms with van der Waals surface area (Å²) in [5.41, 5.74) is 0.488. The first kappa shape index (κ1) is 12.0. The second-order valence-corrected chi connectivity index (χ2v) is 4.52. The quantitative estimate of drug-likeness (QED) is 0.780. The van der Waals surface area contributed by atoms with Crippen LogP contribution in [0.3, 0.4) is 0 Å². The van der Waals surface area contributed by atoms with Crippen molar-refractivity contribution in [3.63, 3.8) is 0 Å². The number of hydrogen-bond donors (Lipinski definition) is 1. The van der Waals surface area contributed by atoms with E-state index >= 15 is 0 Å². The molecule has 90 valence electrons. The van der Waals surface area contributed by atoms with Gasteiger partial charge in [-0.1, -0.05) is 0 Å². The number of carbonyl (C=O) groups is 2. The highest BCUT2D eigenvalue weighted by Gasteiger charge is 2.22. The van der Waals surface area contributed by atoms with Gasteiger partial charge in [0, 0.05) is 19.3 Å². The predicted octanol–water partition coefficient (Wildman–Crippen LogP) is 0.806. The standard InChI is InChI=1S/C11H12BrN3O2/c12-10-8(3-1-4-14-10)11(17)15-6-2-5-13-9(16)7-15/h1,3-4H,2,5-7H2,(H,13,16). The maximum Gasteiger partial charge on any atom is 0.257 e. The van der Waals surface area contributed by atoms with Gasteiger partial charge in [0.25, 0.3) is 5.91 Å². The molecule has 1 saturated heterocycles. The van der Waals surface area contributed by atoms with Crippen molar-refractivity contribution in [2.75, 3.05) is 19.6 Å². The molecule has 1 aromatic heterocycles. The van der Waals surface area contributed by atoms with Crippen molar-refractivity contribution in [2.24, 2.45) is 0 Å². The van der Waals surface area contributed by atoms with Crippen LogP contribution in [-0.4, -0.2) is 41.3 Å². The number of nitrogens with zero attached hydrogens (tertiary/aromatic N) is 2. The van der Waals surface area contributed by atoms with Gasteiger partial charge in [-0.25, -0.2) is 4.98 Å². The summed E-state index contributed by atoms with van der Waals surface area (Å²) in [5.74, 6) is -0.280. The molecule has 2 heterocycles. The highest BCUT2D eigenvalue weighted by Crippen LogP contribution is 2.15. The summed E-state index contributed by atoms with van der Waals surface area (Å²) in [5, 5.41) is 2.74. The van der Waals surface area contributed by atoms with Crippen molar-refractivity contribution < 1.29 is 9.59 Å². The summed E-state index contributed by atoms with van der Waals surface area (Å²) in [6, 6.07) is 3.40. The molecule has 5 nitrogen and oxygen atoms in total. The summed E-state index contributed by atoms with van der Waals surface area (Å²) in [7, 11) is 0. The van der Waals surface area contributed by atoms with E-state index in [0.29, 0.717) is 23.3 Å². The molecule has 0 bridgehead atoms. The van der Waals surface area contributed by atoms with Crippen LogP contribution >= 0.6 is 15.9 Å². The van der Waals surface area contributed by atoms with E-state index in [1.807, 2.05) is 0 Å². The van der Waals surface area contributed by atoms with Gasteiger partial charge in [0.15, 0.2) is 0 Å². The first-order valence-corrected chi connectivity index (χ1v) is 6.14. The van der Waals surface area contributed by atoms with Crippen molar-refractivity contribution in [1.82, 2.24) is 15.2 Å². The summed E-state index contributed by atoms with van der Waals surface area (Å²) in [6.07, 6.45) is 2.38. The molecule has 17 heavy (non-hydrogen) atoms. The molecular formula is C11H12BrN3O2. The highest BCUT2D eigenvalue weighted by atomic mass is 79.9. The van der Waals surface area contributed by atoms with Crippen LogP contribution in [0.5, 0.6) is 0 Å². The lowest BCUT2D eigenvalue weighted by molar-refractivity contribution is -0.121. The molecule has 0 aromatic carbocycles. The van der Waals surface area contributed by atoms with Gasteiger partial charge in [0.1, 0.15) is 4.60 Å². The van der Waals surface area contributed by atoms with Crippen molar-refractivity contribution >= 4 is 27.7 Å². The third-order valence-corrected chi connectivity index (χ3v) is 3.17. The van der Waals surface area contributed by atoms with Crippen molar-refractivity contribution in [3.8, 4) is 0 Å². The maximum atomic E-state index is 12.2. The van der Waals surface area contributed by atoms with Crippen LogP contribution < -0.4 is 5.32 Å². The van der Waals surface area contributed by atoms with Crippen LogP contribution in [-0.2, 0) is 4.79 Å². The van der Waals surface area contributed by atoms with Gasteiger partial charge in [0.05, 0.1) is 12.1 Å². The van der Waals surface area contributed by atoms with Crippen LogP contribution in [0.25, 0.3) is 0 Å². The second-order valence-electron chi connectivity index (χ2n) is 3.77. The molecule has 0 radical (unpaired) electrons. The summed E-state index contributed by atoms with van der Waals surface area (Å²) in [6.45, 7) is 1.32. The van der Waals surface area contributed by atoms with E-state index in [1.165, 1.54) is 0 Å². The minimum atomic E-state index is -0.165. The molecule has 0 spiro atoms. The molecule has 1 aromatic rings. The van der Waals surface area contributed by atoms with Gasteiger partial charge < -0.3 is 10.2 Å². The Morgan fingerprint density at radius 3 is 3.12 bits per heavy atom. The molecule has 1 fully saturated rings. The number of rotatable bonds is 1. The van der Waals surface area contributed by atoms with Gasteiger partial charge in [-0.3, -0.25) is 9.59 Å². The fraction of sp³-hybridized carbons (Fsp3) is 0.364. The van der Waals surface area contributed by atoms with Gasteiger partial charge in [-0.05, 0) is 34.5 Å². The Kier molecular flexibility index (Phi) is 3.73. The largest absolute Gasteiger partial charge is 0.354 e. The Labute approximate surface area is 107 Å². The predicted molar refractivity (Wildman–Crippen MR) is 65.5 cm³/mol. The van der Waals surface area contributed by atoms with Gasteiger partial charge in [-0.2, -0.15) is 0 Å². The third-order valence-electron chi connectivity index (χ3n) is 2.54. The smallest absolute Gasteiger partial charge is 0.257 e. The molecule has 1 N–H and O–H groups in total. The first-order chi connectivity index (χ1) is 8.18. The fourth-order valence-corrected chi connectivity index (χ4v) is 2.12. The Morgan fingerprint density at radius 2 is 2.35 bits per heavy atom. The highest BCUT2D eigenvalue weighted by molar-refractivity contribution is 9.10. The number of nitrogens with one attached hydrogen (secondary N) is 1. The average molecular weight is 298 g/mol. The van der Waals surface area contributed by atoms with E-state index in [-0.39, 0.29) is 18.4 Å². The average Bonchev–Trinajstić information content (AvgIpc) is 2.54. The summed E-state index contributed by atoms with van der Waals surface area (Å²) < 4.78 is 0.509. The SMILES string of the molecule is O=C1CN(C(=O)c2cccnc2Br)CCCN1. The lowest BCUT2D eigenvalue weighted by atomic mass is 10.2. The third kappa shape index (κ3) is 2.82. The number of carbonyl (C=O) groups excluding carboxylic acids is 2. The van der Waals surface area contributed by atoms with E-state index in [1.54, 1.807) is 23.2 Å². The van der Waals surface area contributed by atoms with Gasteiger partial charge in [-0.15, -0.1) is 0 Å². The van der Waals surface area contributed by atoms with Crippen LogP contribution in [0.1, 0.15) is 16.8 Å². The maximum absolute atomic E-state index is 12.2.